The third kappa shape index (κ3) is 6.58. The fourth-order valence-corrected chi connectivity index (χ4v) is 3.63. The molecule has 0 saturated carbocycles. The number of carbonyl (C=O) groups excluding carboxylic acids is 2. The largest absolute Gasteiger partial charge is 0.497 e. The van der Waals surface area contributed by atoms with Gasteiger partial charge >= 0.3 is 5.97 Å². The van der Waals surface area contributed by atoms with Crippen LogP contribution in [0.25, 0.3) is 0 Å². The lowest BCUT2D eigenvalue weighted by Gasteiger charge is -2.12. The second-order valence-electron chi connectivity index (χ2n) is 6.31. The smallest absolute Gasteiger partial charge is 0.338 e. The average Bonchev–Trinajstić information content (AvgIpc) is 2.71. The van der Waals surface area contributed by atoms with E-state index >= 15 is 0 Å². The van der Waals surface area contributed by atoms with Crippen molar-refractivity contribution in [1.29, 1.82) is 0 Å². The van der Waals surface area contributed by atoms with Gasteiger partial charge in [0.1, 0.15) is 5.75 Å². The highest BCUT2D eigenvalue weighted by molar-refractivity contribution is 7.89. The monoisotopic (exact) mass is 420 g/mol. The van der Waals surface area contributed by atoms with E-state index in [1.807, 2.05) is 6.92 Å². The van der Waals surface area contributed by atoms with Gasteiger partial charge in [0.25, 0.3) is 5.91 Å². The number of sulfonamides is 1. The molecular formula is C20H24N2O6S. The molecule has 0 aliphatic rings. The maximum Gasteiger partial charge on any atom is 0.338 e. The number of hydrogen-bond acceptors (Lipinski definition) is 6. The summed E-state index contributed by atoms with van der Waals surface area (Å²) in [5.41, 5.74) is 0.649. The van der Waals surface area contributed by atoms with Gasteiger partial charge in [-0.25, -0.2) is 17.9 Å². The van der Waals surface area contributed by atoms with Crippen LogP contribution in [-0.2, 0) is 19.6 Å². The minimum Gasteiger partial charge on any atom is -0.497 e. The van der Waals surface area contributed by atoms with E-state index in [0.29, 0.717) is 17.9 Å². The number of ether oxygens (including phenoxy) is 2. The molecule has 0 aliphatic heterocycles. The van der Waals surface area contributed by atoms with E-state index in [1.165, 1.54) is 31.4 Å². The predicted molar refractivity (Wildman–Crippen MR) is 108 cm³/mol. The van der Waals surface area contributed by atoms with Crippen LogP contribution in [0.4, 0.5) is 5.69 Å². The van der Waals surface area contributed by atoms with Crippen LogP contribution in [0.15, 0.2) is 53.4 Å². The summed E-state index contributed by atoms with van der Waals surface area (Å²) in [6.45, 7) is 3.16. The van der Waals surface area contributed by atoms with Gasteiger partial charge in [-0.05, 0) is 49.7 Å². The summed E-state index contributed by atoms with van der Waals surface area (Å²) in [5, 5.41) is 2.59. The molecule has 0 saturated heterocycles. The SMILES string of the molecule is CC[C@@H](C)NS(=O)(=O)c1ccc(C(=O)OCC(=O)Nc2cccc(OC)c2)cc1. The number of methoxy groups -OCH3 is 1. The van der Waals surface area contributed by atoms with Crippen molar-refractivity contribution in [3.8, 4) is 5.75 Å². The fourth-order valence-electron chi connectivity index (χ4n) is 2.30. The zero-order valence-electron chi connectivity index (χ0n) is 16.5. The quantitative estimate of drug-likeness (QED) is 0.603. The highest BCUT2D eigenvalue weighted by Crippen LogP contribution is 2.17. The summed E-state index contributed by atoms with van der Waals surface area (Å²) in [6, 6.07) is 11.9. The number of rotatable bonds is 9. The number of anilines is 1. The molecule has 0 heterocycles. The van der Waals surface area contributed by atoms with Crippen LogP contribution in [0.5, 0.6) is 5.75 Å². The van der Waals surface area contributed by atoms with Crippen molar-refractivity contribution in [2.24, 2.45) is 0 Å². The van der Waals surface area contributed by atoms with Gasteiger partial charge < -0.3 is 14.8 Å². The highest BCUT2D eigenvalue weighted by atomic mass is 32.2. The second kappa shape index (κ2) is 10.0. The zero-order chi connectivity index (χ0) is 21.4. The van der Waals surface area contributed by atoms with Crippen molar-refractivity contribution in [2.75, 3.05) is 19.0 Å². The second-order valence-corrected chi connectivity index (χ2v) is 8.03. The Balaban J connectivity index is 1.92. The van der Waals surface area contributed by atoms with Crippen LogP contribution < -0.4 is 14.8 Å². The van der Waals surface area contributed by atoms with Crippen LogP contribution in [-0.4, -0.2) is 40.1 Å². The van der Waals surface area contributed by atoms with Gasteiger partial charge in [0.15, 0.2) is 6.61 Å². The molecule has 2 rings (SSSR count). The third-order valence-corrected chi connectivity index (χ3v) is 5.66. The van der Waals surface area contributed by atoms with Gasteiger partial charge in [-0.1, -0.05) is 13.0 Å². The van der Waals surface area contributed by atoms with Crippen LogP contribution in [0.1, 0.15) is 30.6 Å². The fraction of sp³-hybridized carbons (Fsp3) is 0.300. The molecule has 29 heavy (non-hydrogen) atoms. The number of carbonyl (C=O) groups is 2. The average molecular weight is 420 g/mol. The van der Waals surface area contributed by atoms with E-state index in [1.54, 1.807) is 31.2 Å². The molecule has 0 unspecified atom stereocenters. The number of benzene rings is 2. The Bertz CT molecular complexity index is 957. The molecule has 0 aliphatic carbocycles. The number of hydrogen-bond donors (Lipinski definition) is 2. The van der Waals surface area contributed by atoms with E-state index in [0.717, 1.165) is 0 Å². The molecule has 2 aromatic rings. The molecule has 0 spiro atoms. The van der Waals surface area contributed by atoms with Crippen molar-refractivity contribution in [2.45, 2.75) is 31.2 Å². The maximum atomic E-state index is 12.2. The Kier molecular flexibility index (Phi) is 7.74. The van der Waals surface area contributed by atoms with Crippen LogP contribution in [0.2, 0.25) is 0 Å². The molecular weight excluding hydrogens is 396 g/mol. The van der Waals surface area contributed by atoms with Gasteiger partial charge in [0, 0.05) is 17.8 Å². The number of amides is 1. The molecule has 0 radical (unpaired) electrons. The summed E-state index contributed by atoms with van der Waals surface area (Å²) in [6.07, 6.45) is 0.654. The van der Waals surface area contributed by atoms with E-state index in [2.05, 4.69) is 10.0 Å². The molecule has 0 bridgehead atoms. The van der Waals surface area contributed by atoms with Gasteiger partial charge in [0.05, 0.1) is 17.6 Å². The Labute approximate surface area is 170 Å². The normalized spacial score (nSPS) is 12.1. The standard InChI is InChI=1S/C20H24N2O6S/c1-4-14(2)22-29(25,26)18-10-8-15(9-11-18)20(24)28-13-19(23)21-16-6-5-7-17(12-16)27-3/h5-12,14,22H,4,13H2,1-3H3,(H,21,23)/t14-/m1/s1. The van der Waals surface area contributed by atoms with Crippen LogP contribution >= 0.6 is 0 Å². The lowest BCUT2D eigenvalue weighted by molar-refractivity contribution is -0.119. The van der Waals surface area contributed by atoms with Gasteiger partial charge in [-0.2, -0.15) is 0 Å². The molecule has 0 fully saturated rings. The summed E-state index contributed by atoms with van der Waals surface area (Å²) in [5.74, 6) is -0.661. The predicted octanol–water partition coefficient (Wildman–Crippen LogP) is 2.57. The molecule has 2 aromatic carbocycles. The number of esters is 1. The minimum absolute atomic E-state index is 0.0464. The molecule has 1 atom stereocenters. The lowest BCUT2D eigenvalue weighted by Crippen LogP contribution is -2.32. The Morgan fingerprint density at radius 3 is 2.41 bits per heavy atom. The third-order valence-electron chi connectivity index (χ3n) is 4.06. The molecule has 156 valence electrons. The Hall–Kier alpha value is -2.91. The Morgan fingerprint density at radius 2 is 1.79 bits per heavy atom. The minimum atomic E-state index is -3.66. The summed E-state index contributed by atoms with van der Waals surface area (Å²) in [4.78, 5) is 24.1. The van der Waals surface area contributed by atoms with Crippen molar-refractivity contribution >= 4 is 27.6 Å². The first-order chi connectivity index (χ1) is 13.7. The van der Waals surface area contributed by atoms with E-state index < -0.39 is 28.5 Å². The van der Waals surface area contributed by atoms with Crippen LogP contribution in [0.3, 0.4) is 0 Å². The first-order valence-electron chi connectivity index (χ1n) is 8.98. The van der Waals surface area contributed by atoms with E-state index in [4.69, 9.17) is 9.47 Å². The van der Waals surface area contributed by atoms with Crippen LogP contribution in [0, 0.1) is 0 Å². The molecule has 8 nitrogen and oxygen atoms in total. The molecule has 9 heteroatoms. The number of nitrogens with one attached hydrogen (secondary N) is 2. The van der Waals surface area contributed by atoms with E-state index in [-0.39, 0.29) is 16.5 Å². The summed E-state index contributed by atoms with van der Waals surface area (Å²) < 4.78 is 37.0. The summed E-state index contributed by atoms with van der Waals surface area (Å²) >= 11 is 0. The maximum absolute atomic E-state index is 12.2. The lowest BCUT2D eigenvalue weighted by atomic mass is 10.2. The van der Waals surface area contributed by atoms with E-state index in [9.17, 15) is 18.0 Å². The zero-order valence-corrected chi connectivity index (χ0v) is 17.3. The topological polar surface area (TPSA) is 111 Å². The first kappa shape index (κ1) is 22.4. The van der Waals surface area contributed by atoms with Crippen molar-refractivity contribution in [3.05, 3.63) is 54.1 Å². The Morgan fingerprint density at radius 1 is 1.10 bits per heavy atom. The van der Waals surface area contributed by atoms with Gasteiger partial charge in [-0.3, -0.25) is 4.79 Å². The molecule has 1 amide bonds. The van der Waals surface area contributed by atoms with Gasteiger partial charge in [0.2, 0.25) is 10.0 Å². The molecule has 0 aromatic heterocycles. The van der Waals surface area contributed by atoms with Gasteiger partial charge in [-0.15, -0.1) is 0 Å². The summed E-state index contributed by atoms with van der Waals surface area (Å²) in [7, 11) is -2.14. The first-order valence-corrected chi connectivity index (χ1v) is 10.5. The van der Waals surface area contributed by atoms with Crippen molar-refractivity contribution in [3.63, 3.8) is 0 Å². The van der Waals surface area contributed by atoms with Crippen molar-refractivity contribution < 1.29 is 27.5 Å². The molecule has 2 N–H and O–H groups in total. The van der Waals surface area contributed by atoms with Crippen molar-refractivity contribution in [1.82, 2.24) is 4.72 Å². The highest BCUT2D eigenvalue weighted by Gasteiger charge is 2.18.